The van der Waals surface area contributed by atoms with Crippen LogP contribution in [0.2, 0.25) is 5.02 Å². The zero-order valence-corrected chi connectivity index (χ0v) is 12.7. The summed E-state index contributed by atoms with van der Waals surface area (Å²) in [5.74, 6) is 0. The Morgan fingerprint density at radius 2 is 2.00 bits per heavy atom. The normalized spacial score (nSPS) is 12.8. The summed E-state index contributed by atoms with van der Waals surface area (Å²) in [5, 5.41) is 11.0. The van der Waals surface area contributed by atoms with Gasteiger partial charge in [-0.15, -0.1) is 11.3 Å². The number of hydrogen-bond acceptors (Lipinski definition) is 2. The van der Waals surface area contributed by atoms with Crippen LogP contribution in [0, 0.1) is 13.8 Å². The molecular weight excluding hydrogens is 320 g/mol. The van der Waals surface area contributed by atoms with E-state index in [0.717, 1.165) is 20.5 Å². The summed E-state index contributed by atoms with van der Waals surface area (Å²) in [7, 11) is 0. The van der Waals surface area contributed by atoms with Crippen LogP contribution in [0.25, 0.3) is 0 Å². The van der Waals surface area contributed by atoms with Gasteiger partial charge in [-0.2, -0.15) is 0 Å². The largest absolute Gasteiger partial charge is 0.383 e. The Bertz CT molecular complexity index is 550. The lowest BCUT2D eigenvalue weighted by Gasteiger charge is -2.11. The Labute approximate surface area is 118 Å². The van der Waals surface area contributed by atoms with Gasteiger partial charge in [0.25, 0.3) is 0 Å². The minimum Gasteiger partial charge on any atom is -0.383 e. The van der Waals surface area contributed by atoms with Crippen molar-refractivity contribution in [2.45, 2.75) is 20.0 Å². The second-order valence-corrected chi connectivity index (χ2v) is 6.53. The van der Waals surface area contributed by atoms with Gasteiger partial charge in [-0.1, -0.05) is 17.7 Å². The Balaban J connectivity index is 2.40. The first-order chi connectivity index (χ1) is 7.99. The molecule has 2 rings (SSSR count). The molecule has 0 saturated carbocycles. The summed E-state index contributed by atoms with van der Waals surface area (Å²) in [6, 6.07) is 7.63. The number of hydrogen-bond donors (Lipinski definition) is 1. The van der Waals surface area contributed by atoms with Crippen molar-refractivity contribution >= 4 is 38.9 Å². The van der Waals surface area contributed by atoms with Gasteiger partial charge in [-0.3, -0.25) is 0 Å². The third-order valence-corrected chi connectivity index (χ3v) is 5.02. The first-order valence-corrected chi connectivity index (χ1v) is 7.17. The van der Waals surface area contributed by atoms with Gasteiger partial charge in [0.05, 0.1) is 5.02 Å². The van der Waals surface area contributed by atoms with Crippen molar-refractivity contribution in [2.24, 2.45) is 0 Å². The van der Waals surface area contributed by atoms with Crippen LogP contribution in [0.1, 0.15) is 27.0 Å². The smallest absolute Gasteiger partial charge is 0.114 e. The fourth-order valence-electron chi connectivity index (χ4n) is 1.76. The zero-order valence-electron chi connectivity index (χ0n) is 9.50. The molecule has 0 saturated heterocycles. The molecule has 90 valence electrons. The van der Waals surface area contributed by atoms with Crippen LogP contribution in [0.15, 0.2) is 28.7 Å². The number of aliphatic hydroxyl groups is 1. The van der Waals surface area contributed by atoms with Crippen molar-refractivity contribution in [3.63, 3.8) is 0 Å². The molecule has 0 aliphatic carbocycles. The van der Waals surface area contributed by atoms with Gasteiger partial charge in [0.1, 0.15) is 6.10 Å². The van der Waals surface area contributed by atoms with Gasteiger partial charge in [-0.05, 0) is 59.1 Å². The van der Waals surface area contributed by atoms with Gasteiger partial charge < -0.3 is 5.11 Å². The molecule has 1 N–H and O–H groups in total. The predicted molar refractivity (Wildman–Crippen MR) is 77.0 cm³/mol. The quantitative estimate of drug-likeness (QED) is 0.833. The zero-order chi connectivity index (χ0) is 12.6. The Morgan fingerprint density at radius 3 is 2.53 bits per heavy atom. The molecule has 0 spiro atoms. The summed E-state index contributed by atoms with van der Waals surface area (Å²) in [6.45, 7) is 4.06. The summed E-state index contributed by atoms with van der Waals surface area (Å²) < 4.78 is 0.842. The van der Waals surface area contributed by atoms with Crippen LogP contribution in [0.5, 0.6) is 0 Å². The van der Waals surface area contributed by atoms with Crippen molar-refractivity contribution in [3.05, 3.63) is 54.6 Å². The van der Waals surface area contributed by atoms with Crippen LogP contribution in [-0.4, -0.2) is 5.11 Å². The Hall–Kier alpha value is -0.350. The van der Waals surface area contributed by atoms with E-state index in [9.17, 15) is 5.11 Å². The van der Waals surface area contributed by atoms with Gasteiger partial charge in [0.15, 0.2) is 0 Å². The Kier molecular flexibility index (Phi) is 3.93. The molecule has 1 aromatic carbocycles. The predicted octanol–water partition coefficient (Wildman–Crippen LogP) is 4.86. The van der Waals surface area contributed by atoms with Crippen LogP contribution >= 0.6 is 38.9 Å². The van der Waals surface area contributed by atoms with E-state index in [0.29, 0.717) is 5.02 Å². The molecule has 0 aliphatic rings. The van der Waals surface area contributed by atoms with E-state index in [2.05, 4.69) is 22.0 Å². The second kappa shape index (κ2) is 5.11. The average Bonchev–Trinajstić information content (AvgIpc) is 2.61. The van der Waals surface area contributed by atoms with Crippen molar-refractivity contribution in [3.8, 4) is 0 Å². The fraction of sp³-hybridized carbons (Fsp3) is 0.231. The maximum absolute atomic E-state index is 10.3. The van der Waals surface area contributed by atoms with E-state index in [1.54, 1.807) is 17.4 Å². The maximum Gasteiger partial charge on any atom is 0.114 e. The molecule has 0 amide bonds. The van der Waals surface area contributed by atoms with E-state index in [1.165, 1.54) is 4.88 Å². The molecule has 0 radical (unpaired) electrons. The average molecular weight is 332 g/mol. The van der Waals surface area contributed by atoms with Crippen LogP contribution in [0.4, 0.5) is 0 Å². The number of thiophene rings is 1. The van der Waals surface area contributed by atoms with Crippen molar-refractivity contribution in [1.29, 1.82) is 0 Å². The van der Waals surface area contributed by atoms with Crippen LogP contribution in [-0.2, 0) is 0 Å². The minimum atomic E-state index is -0.598. The first-order valence-electron chi connectivity index (χ1n) is 5.19. The van der Waals surface area contributed by atoms with Crippen molar-refractivity contribution in [2.75, 3.05) is 0 Å². The third-order valence-electron chi connectivity index (χ3n) is 2.59. The molecule has 0 bridgehead atoms. The molecule has 2 aromatic rings. The second-order valence-electron chi connectivity index (χ2n) is 3.98. The van der Waals surface area contributed by atoms with E-state index in [1.807, 2.05) is 26.0 Å². The van der Waals surface area contributed by atoms with Gasteiger partial charge >= 0.3 is 0 Å². The lowest BCUT2D eigenvalue weighted by molar-refractivity contribution is 0.223. The maximum atomic E-state index is 10.3. The lowest BCUT2D eigenvalue weighted by atomic mass is 10.1. The Morgan fingerprint density at radius 1 is 1.29 bits per heavy atom. The van der Waals surface area contributed by atoms with E-state index >= 15 is 0 Å². The van der Waals surface area contributed by atoms with Gasteiger partial charge in [0.2, 0.25) is 0 Å². The molecule has 1 unspecified atom stereocenters. The van der Waals surface area contributed by atoms with Crippen LogP contribution in [0.3, 0.4) is 0 Å². The number of aryl methyl sites for hydroxylation is 2. The molecule has 1 atom stereocenters. The number of rotatable bonds is 2. The summed E-state index contributed by atoms with van der Waals surface area (Å²) >= 11 is 11.0. The van der Waals surface area contributed by atoms with Crippen molar-refractivity contribution < 1.29 is 5.11 Å². The fourth-order valence-corrected chi connectivity index (χ4v) is 3.25. The van der Waals surface area contributed by atoms with E-state index in [-0.39, 0.29) is 0 Å². The summed E-state index contributed by atoms with van der Waals surface area (Å²) in [5.41, 5.74) is 1.95. The number of aliphatic hydroxyl groups excluding tert-OH is 1. The SMILES string of the molecule is Cc1cc(C)c(C(O)c2ccc(Br)c(Cl)c2)s1. The molecule has 1 nitrogen and oxygen atoms in total. The topological polar surface area (TPSA) is 20.2 Å². The summed E-state index contributed by atoms with van der Waals surface area (Å²) in [4.78, 5) is 2.20. The minimum absolute atomic E-state index is 0.598. The summed E-state index contributed by atoms with van der Waals surface area (Å²) in [6.07, 6.45) is -0.598. The molecular formula is C13H12BrClOS. The molecule has 0 aliphatic heterocycles. The molecule has 4 heteroatoms. The number of halogens is 2. The van der Waals surface area contributed by atoms with Gasteiger partial charge in [-0.25, -0.2) is 0 Å². The molecule has 17 heavy (non-hydrogen) atoms. The van der Waals surface area contributed by atoms with E-state index < -0.39 is 6.10 Å². The molecule has 1 aromatic heterocycles. The highest BCUT2D eigenvalue weighted by molar-refractivity contribution is 9.10. The highest BCUT2D eigenvalue weighted by atomic mass is 79.9. The van der Waals surface area contributed by atoms with Gasteiger partial charge in [0, 0.05) is 14.2 Å². The highest BCUT2D eigenvalue weighted by Gasteiger charge is 2.16. The van der Waals surface area contributed by atoms with E-state index in [4.69, 9.17) is 11.6 Å². The molecule has 1 heterocycles. The highest BCUT2D eigenvalue weighted by Crippen LogP contribution is 2.34. The monoisotopic (exact) mass is 330 g/mol. The lowest BCUT2D eigenvalue weighted by Crippen LogP contribution is -1.98. The molecule has 0 fully saturated rings. The first kappa shape index (κ1) is 13.1. The number of benzene rings is 1. The van der Waals surface area contributed by atoms with Crippen LogP contribution < -0.4 is 0 Å². The standard InChI is InChI=1S/C13H12BrClOS/c1-7-5-8(2)17-13(7)12(16)9-3-4-10(14)11(15)6-9/h3-6,12,16H,1-2H3. The third kappa shape index (κ3) is 2.74. The van der Waals surface area contributed by atoms with Crippen molar-refractivity contribution in [1.82, 2.24) is 0 Å².